The van der Waals surface area contributed by atoms with Gasteiger partial charge < -0.3 is 34.4 Å². The average Bonchev–Trinajstić information content (AvgIpc) is 3.26. The predicted octanol–water partition coefficient (Wildman–Crippen LogP) is 4.51. The van der Waals surface area contributed by atoms with E-state index in [1.54, 1.807) is 26.0 Å². The Kier molecular flexibility index (Phi) is 14.6. The van der Waals surface area contributed by atoms with E-state index in [0.717, 1.165) is 22.9 Å². The second-order valence-electron chi connectivity index (χ2n) is 16.5. The highest BCUT2D eigenvalue weighted by Crippen LogP contribution is 2.48. The van der Waals surface area contributed by atoms with Crippen molar-refractivity contribution >= 4 is 46.5 Å². The van der Waals surface area contributed by atoms with Crippen molar-refractivity contribution in [2.75, 3.05) is 22.9 Å². The molecule has 4 aromatic rings. The van der Waals surface area contributed by atoms with Crippen molar-refractivity contribution in [3.05, 3.63) is 153 Å². The van der Waals surface area contributed by atoms with Gasteiger partial charge in [-0.2, -0.15) is 0 Å². The highest BCUT2D eigenvalue weighted by Gasteiger charge is 2.45. The third kappa shape index (κ3) is 10.1. The number of benzene rings is 4. The molecule has 0 aliphatic carbocycles. The van der Waals surface area contributed by atoms with Gasteiger partial charge in [-0.25, -0.2) is 0 Å². The van der Waals surface area contributed by atoms with Crippen LogP contribution in [-0.2, 0) is 44.9 Å². The van der Waals surface area contributed by atoms with Crippen molar-refractivity contribution in [3.8, 4) is 0 Å². The molecule has 2 heterocycles. The second kappa shape index (κ2) is 19.6. The van der Waals surface area contributed by atoms with Gasteiger partial charge in [-0.05, 0) is 99.8 Å². The number of anilines is 2. The van der Waals surface area contributed by atoms with Crippen LogP contribution < -0.4 is 44.2 Å². The number of hydrogen-bond acceptors (Lipinski definition) is 11. The summed E-state index contributed by atoms with van der Waals surface area (Å²) in [6.07, 6.45) is 2.13. The maximum atomic E-state index is 15.1. The molecule has 61 heavy (non-hydrogen) atoms. The van der Waals surface area contributed by atoms with Gasteiger partial charge in [0.05, 0.1) is 44.6 Å². The van der Waals surface area contributed by atoms with Gasteiger partial charge in [-0.3, -0.25) is 29.0 Å². The molecule has 6 rings (SSSR count). The number of fused-ring (bicyclic) bond motifs is 2. The molecule has 0 bridgehead atoms. The van der Waals surface area contributed by atoms with Gasteiger partial charge in [0.1, 0.15) is 0 Å². The van der Waals surface area contributed by atoms with Crippen molar-refractivity contribution in [2.45, 2.75) is 88.4 Å². The minimum absolute atomic E-state index is 0.118. The van der Waals surface area contributed by atoms with E-state index in [4.69, 9.17) is 34.4 Å². The lowest BCUT2D eigenvalue weighted by molar-refractivity contribution is -0.123. The Morgan fingerprint density at radius 2 is 0.918 bits per heavy atom. The third-order valence-corrected chi connectivity index (χ3v) is 12.6. The summed E-state index contributed by atoms with van der Waals surface area (Å²) in [4.78, 5) is 63.2. The molecule has 13 heteroatoms. The normalized spacial score (nSPS) is 16.9. The lowest BCUT2D eigenvalue weighted by Gasteiger charge is -2.41. The van der Waals surface area contributed by atoms with E-state index >= 15 is 9.59 Å². The third-order valence-electron chi connectivity index (χ3n) is 11.4. The van der Waals surface area contributed by atoms with Crippen LogP contribution in [0.25, 0.3) is 0 Å². The van der Waals surface area contributed by atoms with E-state index in [9.17, 15) is 9.59 Å². The molecule has 0 fully saturated rings. The number of para-hydroxylation sites is 2. The first-order valence-corrected chi connectivity index (χ1v) is 21.6. The van der Waals surface area contributed by atoms with Crippen LogP contribution >= 0.6 is 11.8 Å². The molecule has 12 nitrogen and oxygen atoms in total. The Hall–Kier alpha value is -5.25. The summed E-state index contributed by atoms with van der Waals surface area (Å²) in [5.74, 6) is -1.77. The molecule has 0 spiro atoms. The van der Waals surface area contributed by atoms with Crippen LogP contribution in [0.15, 0.2) is 130 Å². The van der Waals surface area contributed by atoms with Crippen LogP contribution in [0.4, 0.5) is 11.4 Å². The van der Waals surface area contributed by atoms with Crippen LogP contribution in [0.2, 0.25) is 0 Å². The number of amides is 2. The fourth-order valence-electron chi connectivity index (χ4n) is 7.90. The highest BCUT2D eigenvalue weighted by molar-refractivity contribution is 8.07. The molecular weight excluding hydrogens is 785 g/mol. The first kappa shape index (κ1) is 45.3. The van der Waals surface area contributed by atoms with E-state index < -0.39 is 46.5 Å². The quantitative estimate of drug-likeness (QED) is 0.0816. The Balaban J connectivity index is 1.61. The average molecular weight is 843 g/mol. The SMILES string of the molecule is C[C@](N)(CCCN)C(=O)N1C(SC2=C(C(=O)[C@@H](N)Cc3ccccc3)Cc3ccccc3N2C(=O)[C@@](C)(N)CCCN)=C(C(=O)[C@@H](N)Cc2ccccc2)Cc2ccccc21. The zero-order valence-electron chi connectivity index (χ0n) is 35.0. The second-order valence-corrected chi connectivity index (χ2v) is 17.5. The molecule has 0 saturated carbocycles. The molecule has 2 aliphatic rings. The number of ketones is 2. The van der Waals surface area contributed by atoms with Crippen molar-refractivity contribution in [2.24, 2.45) is 34.4 Å². The topological polar surface area (TPSA) is 231 Å². The molecule has 0 saturated heterocycles. The van der Waals surface area contributed by atoms with Gasteiger partial charge in [-0.15, -0.1) is 0 Å². The van der Waals surface area contributed by atoms with Crippen molar-refractivity contribution in [1.82, 2.24) is 0 Å². The van der Waals surface area contributed by atoms with Crippen LogP contribution in [0.5, 0.6) is 0 Å². The van der Waals surface area contributed by atoms with Gasteiger partial charge in [0.15, 0.2) is 11.6 Å². The summed E-state index contributed by atoms with van der Waals surface area (Å²) >= 11 is 0.998. The predicted molar refractivity (Wildman–Crippen MR) is 245 cm³/mol. The van der Waals surface area contributed by atoms with Gasteiger partial charge >= 0.3 is 0 Å². The van der Waals surface area contributed by atoms with Crippen molar-refractivity contribution in [3.63, 3.8) is 0 Å². The fourth-order valence-corrected chi connectivity index (χ4v) is 9.22. The van der Waals surface area contributed by atoms with E-state index in [1.165, 1.54) is 9.80 Å². The first-order valence-electron chi connectivity index (χ1n) is 20.8. The Morgan fingerprint density at radius 1 is 0.574 bits per heavy atom. The Bertz CT molecular complexity index is 2150. The molecule has 320 valence electrons. The summed E-state index contributed by atoms with van der Waals surface area (Å²) in [6.45, 7) is 3.92. The molecular formula is C48H58N8O4S. The summed E-state index contributed by atoms with van der Waals surface area (Å²) in [5.41, 5.74) is 40.9. The van der Waals surface area contributed by atoms with Gasteiger partial charge in [0.2, 0.25) is 0 Å². The van der Waals surface area contributed by atoms with E-state index in [0.29, 0.717) is 48.4 Å². The number of carbonyl (C=O) groups excluding carboxylic acids is 4. The molecule has 0 aromatic heterocycles. The number of carbonyl (C=O) groups is 4. The van der Waals surface area contributed by atoms with E-state index in [-0.39, 0.29) is 59.7 Å². The smallest absolute Gasteiger partial charge is 0.251 e. The Labute approximate surface area is 362 Å². The summed E-state index contributed by atoms with van der Waals surface area (Å²) in [7, 11) is 0. The molecule has 12 N–H and O–H groups in total. The largest absolute Gasteiger partial charge is 0.330 e. The minimum atomic E-state index is -1.44. The lowest BCUT2D eigenvalue weighted by Crippen LogP contribution is -2.55. The number of hydrogen-bond donors (Lipinski definition) is 6. The van der Waals surface area contributed by atoms with Crippen LogP contribution in [-0.4, -0.2) is 59.6 Å². The molecule has 2 aliphatic heterocycles. The number of thioether (sulfide) groups is 1. The summed E-state index contributed by atoms with van der Waals surface area (Å²) in [5, 5.41) is 0.382. The van der Waals surface area contributed by atoms with Crippen molar-refractivity contribution in [1.29, 1.82) is 0 Å². The van der Waals surface area contributed by atoms with Crippen molar-refractivity contribution < 1.29 is 19.2 Å². The summed E-state index contributed by atoms with van der Waals surface area (Å²) < 4.78 is 0. The van der Waals surface area contributed by atoms with Crippen LogP contribution in [0.3, 0.4) is 0 Å². The van der Waals surface area contributed by atoms with E-state index in [2.05, 4.69) is 0 Å². The van der Waals surface area contributed by atoms with Gasteiger partial charge in [0.25, 0.3) is 11.8 Å². The van der Waals surface area contributed by atoms with Gasteiger partial charge in [-0.1, -0.05) is 109 Å². The number of Topliss-reactive ketones (excluding diaryl/α,β-unsaturated/α-hetero) is 2. The fraction of sp³-hybridized carbons (Fsp3) is 0.333. The number of nitrogens with zero attached hydrogens (tertiary/aromatic N) is 2. The number of nitrogens with two attached hydrogens (primary N) is 6. The van der Waals surface area contributed by atoms with Crippen LogP contribution in [0.1, 0.15) is 61.8 Å². The van der Waals surface area contributed by atoms with Gasteiger partial charge in [0, 0.05) is 24.0 Å². The molecule has 4 atom stereocenters. The Morgan fingerprint density at radius 3 is 1.28 bits per heavy atom. The zero-order valence-corrected chi connectivity index (χ0v) is 35.8. The van der Waals surface area contributed by atoms with E-state index in [1.807, 2.05) is 97.1 Å². The standard InChI is InChI=1S/C48H58N8O4S/c1-47(53,23-13-25-49)45(59)55-39-21-11-9-19-33(39)29-35(41(57)37(51)27-31-15-5-3-6-16-31)43(55)61-44-36(42(58)38(52)28-32-17-7-4-8-18-32)30-34-20-10-12-22-40(34)56(44)46(60)48(2,54)24-14-26-50/h3-12,15-22,37-38H,13-14,23-30,49-54H2,1-2H3/t37-,38-,47-,48-/m0/s1. The maximum absolute atomic E-state index is 15.1. The molecule has 2 amide bonds. The minimum Gasteiger partial charge on any atom is -0.330 e. The first-order chi connectivity index (χ1) is 29.2. The maximum Gasteiger partial charge on any atom is 0.251 e. The lowest BCUT2D eigenvalue weighted by atomic mass is 9.89. The van der Waals surface area contributed by atoms with Crippen LogP contribution in [0, 0.1) is 0 Å². The number of rotatable bonds is 18. The monoisotopic (exact) mass is 842 g/mol. The highest BCUT2D eigenvalue weighted by atomic mass is 32.2. The zero-order chi connectivity index (χ0) is 43.9. The molecule has 4 aromatic carbocycles. The summed E-state index contributed by atoms with van der Waals surface area (Å²) in [6, 6.07) is 31.5. The molecule has 0 unspecified atom stereocenters. The molecule has 0 radical (unpaired) electrons.